The topological polar surface area (TPSA) is 77.4 Å². The minimum atomic E-state index is -1.17. The van der Waals surface area contributed by atoms with Crippen molar-refractivity contribution in [2.24, 2.45) is 5.16 Å². The van der Waals surface area contributed by atoms with Gasteiger partial charge in [-0.15, -0.1) is 0 Å². The van der Waals surface area contributed by atoms with Gasteiger partial charge in [-0.2, -0.15) is 0 Å². The first-order chi connectivity index (χ1) is 11.2. The number of carboxylic acids is 1. The van der Waals surface area contributed by atoms with Crippen molar-refractivity contribution in [3.8, 4) is 11.5 Å². The molecule has 2 aromatic rings. The molecule has 0 atom stereocenters. The van der Waals surface area contributed by atoms with Crippen LogP contribution >= 0.6 is 0 Å². The summed E-state index contributed by atoms with van der Waals surface area (Å²) in [5.74, 6) is 0.0101. The lowest BCUT2D eigenvalue weighted by Crippen LogP contribution is -2.17. The van der Waals surface area contributed by atoms with Gasteiger partial charge in [0.15, 0.2) is 17.2 Å². The van der Waals surface area contributed by atoms with Crippen molar-refractivity contribution in [3.05, 3.63) is 59.7 Å². The Hall–Kier alpha value is -3.02. The quantitative estimate of drug-likeness (QED) is 0.628. The molecule has 2 rings (SSSR count). The molecule has 0 radical (unpaired) electrons. The number of oxime groups is 1. The van der Waals surface area contributed by atoms with Crippen LogP contribution in [-0.4, -0.2) is 31.0 Å². The molecule has 23 heavy (non-hydrogen) atoms. The van der Waals surface area contributed by atoms with Gasteiger partial charge in [0.05, 0.1) is 7.11 Å². The minimum Gasteiger partial charge on any atom is -0.493 e. The van der Waals surface area contributed by atoms with Crippen LogP contribution in [0.5, 0.6) is 11.5 Å². The van der Waals surface area contributed by atoms with Crippen LogP contribution < -0.4 is 9.47 Å². The molecule has 0 saturated carbocycles. The van der Waals surface area contributed by atoms with E-state index in [2.05, 4.69) is 9.99 Å². The normalized spacial score (nSPS) is 11.0. The van der Waals surface area contributed by atoms with Gasteiger partial charge in [-0.05, 0) is 17.7 Å². The summed E-state index contributed by atoms with van der Waals surface area (Å²) in [5.41, 5.74) is 0.945. The first-order valence-electron chi connectivity index (χ1n) is 6.86. The second kappa shape index (κ2) is 7.84. The molecular weight excluding hydrogens is 298 g/mol. The number of nitrogens with zero attached hydrogens (tertiary/aromatic N) is 1. The summed E-state index contributed by atoms with van der Waals surface area (Å²) in [6.45, 7) is 0.173. The molecule has 0 aliphatic carbocycles. The summed E-state index contributed by atoms with van der Waals surface area (Å²) in [6.07, 6.45) is 0. The average molecular weight is 315 g/mol. The molecule has 1 N–H and O–H groups in total. The van der Waals surface area contributed by atoms with E-state index in [0.29, 0.717) is 22.6 Å². The third kappa shape index (κ3) is 4.00. The minimum absolute atomic E-state index is 0.173. The van der Waals surface area contributed by atoms with Crippen LogP contribution in [0.4, 0.5) is 0 Å². The van der Waals surface area contributed by atoms with Gasteiger partial charge in [0.1, 0.15) is 13.7 Å². The maximum atomic E-state index is 11.3. The Morgan fingerprint density at radius 3 is 2.35 bits per heavy atom. The fourth-order valence-electron chi connectivity index (χ4n) is 2.07. The average Bonchev–Trinajstić information content (AvgIpc) is 2.58. The number of hydrogen-bond acceptors (Lipinski definition) is 5. The summed E-state index contributed by atoms with van der Waals surface area (Å²) >= 11 is 0. The van der Waals surface area contributed by atoms with Gasteiger partial charge in [-0.3, -0.25) is 0 Å². The first kappa shape index (κ1) is 16.4. The van der Waals surface area contributed by atoms with E-state index in [1.807, 2.05) is 12.1 Å². The van der Waals surface area contributed by atoms with E-state index in [9.17, 15) is 9.90 Å². The van der Waals surface area contributed by atoms with Crippen molar-refractivity contribution >= 4 is 11.7 Å². The molecule has 0 heterocycles. The lowest BCUT2D eigenvalue weighted by molar-refractivity contribution is -0.129. The van der Waals surface area contributed by atoms with Crippen LogP contribution in [0.1, 0.15) is 11.1 Å². The molecule has 0 amide bonds. The van der Waals surface area contributed by atoms with Gasteiger partial charge >= 0.3 is 5.97 Å². The van der Waals surface area contributed by atoms with Gasteiger partial charge < -0.3 is 19.4 Å². The zero-order valence-electron chi connectivity index (χ0n) is 12.9. The number of methoxy groups -OCH3 is 1. The number of benzene rings is 2. The Morgan fingerprint density at radius 2 is 1.70 bits per heavy atom. The molecule has 0 aromatic heterocycles. The Bertz CT molecular complexity index is 712. The summed E-state index contributed by atoms with van der Waals surface area (Å²) in [4.78, 5) is 16.0. The SMILES string of the molecule is CO/N=C(/C(=O)O)c1ccccc1COc1ccccc1OC. The van der Waals surface area contributed by atoms with E-state index < -0.39 is 5.97 Å². The number of rotatable bonds is 7. The number of ether oxygens (including phenoxy) is 2. The third-order valence-electron chi connectivity index (χ3n) is 3.11. The zero-order chi connectivity index (χ0) is 16.7. The van der Waals surface area contributed by atoms with E-state index in [4.69, 9.17) is 9.47 Å². The predicted octanol–water partition coefficient (Wildman–Crippen LogP) is 2.71. The lowest BCUT2D eigenvalue weighted by atomic mass is 10.0. The highest BCUT2D eigenvalue weighted by atomic mass is 16.6. The maximum absolute atomic E-state index is 11.3. The van der Waals surface area contributed by atoms with Crippen molar-refractivity contribution in [2.75, 3.05) is 14.2 Å². The molecule has 0 aliphatic rings. The van der Waals surface area contributed by atoms with Crippen LogP contribution in [-0.2, 0) is 16.2 Å². The molecule has 6 heteroatoms. The van der Waals surface area contributed by atoms with Crippen LogP contribution in [0.15, 0.2) is 53.7 Å². The molecule has 0 fully saturated rings. The van der Waals surface area contributed by atoms with Gasteiger partial charge in [-0.25, -0.2) is 4.79 Å². The van der Waals surface area contributed by atoms with E-state index in [0.717, 1.165) is 0 Å². The van der Waals surface area contributed by atoms with Crippen LogP contribution in [0.25, 0.3) is 0 Å². The fraction of sp³-hybridized carbons (Fsp3) is 0.176. The summed E-state index contributed by atoms with van der Waals surface area (Å²) in [6, 6.07) is 14.2. The number of para-hydroxylation sites is 2. The summed E-state index contributed by atoms with van der Waals surface area (Å²) < 4.78 is 11.0. The summed E-state index contributed by atoms with van der Waals surface area (Å²) in [5, 5.41) is 12.9. The standard InChI is InChI=1S/C17H17NO5/c1-21-14-9-5-6-10-15(14)23-11-12-7-3-4-8-13(12)16(17(19)20)18-22-2/h3-10H,11H2,1-2H3,(H,19,20)/b18-16+. The summed E-state index contributed by atoms with van der Waals surface area (Å²) in [7, 11) is 2.86. The Kier molecular flexibility index (Phi) is 5.57. The highest BCUT2D eigenvalue weighted by Crippen LogP contribution is 2.27. The van der Waals surface area contributed by atoms with E-state index in [1.54, 1.807) is 43.5 Å². The predicted molar refractivity (Wildman–Crippen MR) is 84.9 cm³/mol. The van der Waals surface area contributed by atoms with Crippen LogP contribution in [0.3, 0.4) is 0 Å². The van der Waals surface area contributed by atoms with E-state index >= 15 is 0 Å². The van der Waals surface area contributed by atoms with Crippen molar-refractivity contribution in [1.82, 2.24) is 0 Å². The molecule has 0 aliphatic heterocycles. The molecule has 0 spiro atoms. The molecule has 6 nitrogen and oxygen atoms in total. The molecule has 120 valence electrons. The Labute approximate surface area is 133 Å². The molecular formula is C17H17NO5. The van der Waals surface area contributed by atoms with Gasteiger partial charge in [-0.1, -0.05) is 41.6 Å². The lowest BCUT2D eigenvalue weighted by Gasteiger charge is -2.12. The largest absolute Gasteiger partial charge is 0.493 e. The maximum Gasteiger partial charge on any atom is 0.358 e. The van der Waals surface area contributed by atoms with Crippen molar-refractivity contribution < 1.29 is 24.2 Å². The van der Waals surface area contributed by atoms with Crippen LogP contribution in [0.2, 0.25) is 0 Å². The smallest absolute Gasteiger partial charge is 0.358 e. The monoisotopic (exact) mass is 315 g/mol. The number of aliphatic carboxylic acids is 1. The van der Waals surface area contributed by atoms with Crippen molar-refractivity contribution in [3.63, 3.8) is 0 Å². The first-order valence-corrected chi connectivity index (χ1v) is 6.86. The van der Waals surface area contributed by atoms with Gasteiger partial charge in [0.2, 0.25) is 0 Å². The molecule has 2 aromatic carbocycles. The number of carboxylic acid groups (broad SMARTS) is 1. The number of carbonyl (C=O) groups is 1. The highest BCUT2D eigenvalue weighted by molar-refractivity contribution is 6.42. The molecule has 0 unspecified atom stereocenters. The van der Waals surface area contributed by atoms with E-state index in [-0.39, 0.29) is 12.3 Å². The Balaban J connectivity index is 2.27. The van der Waals surface area contributed by atoms with Crippen molar-refractivity contribution in [2.45, 2.75) is 6.61 Å². The number of hydrogen-bond donors (Lipinski definition) is 1. The second-order valence-electron chi connectivity index (χ2n) is 4.52. The van der Waals surface area contributed by atoms with Gasteiger partial charge in [0, 0.05) is 5.56 Å². The van der Waals surface area contributed by atoms with Crippen LogP contribution in [0, 0.1) is 0 Å². The Morgan fingerprint density at radius 1 is 1.04 bits per heavy atom. The third-order valence-corrected chi connectivity index (χ3v) is 3.11. The van der Waals surface area contributed by atoms with Gasteiger partial charge in [0.25, 0.3) is 0 Å². The zero-order valence-corrected chi connectivity index (χ0v) is 12.9. The second-order valence-corrected chi connectivity index (χ2v) is 4.52. The van der Waals surface area contributed by atoms with Crippen molar-refractivity contribution in [1.29, 1.82) is 0 Å². The fourth-order valence-corrected chi connectivity index (χ4v) is 2.07. The van der Waals surface area contributed by atoms with E-state index in [1.165, 1.54) is 7.11 Å². The highest BCUT2D eigenvalue weighted by Gasteiger charge is 2.17. The molecule has 0 saturated heterocycles. The molecule has 0 bridgehead atoms.